The number of benzene rings is 2. The lowest BCUT2D eigenvalue weighted by atomic mass is 9.96. The Bertz CT molecular complexity index is 859. The predicted molar refractivity (Wildman–Crippen MR) is 114 cm³/mol. The minimum Gasteiger partial charge on any atom is -0.484 e. The maximum atomic E-state index is 13.8. The zero-order valence-electron chi connectivity index (χ0n) is 17.6. The number of hydrogen-bond acceptors (Lipinski definition) is 3. The van der Waals surface area contributed by atoms with Gasteiger partial charge in [-0.15, -0.1) is 0 Å². The molecule has 30 heavy (non-hydrogen) atoms. The van der Waals surface area contributed by atoms with E-state index < -0.39 is 5.82 Å². The second kappa shape index (κ2) is 10.2. The number of amides is 2. The Morgan fingerprint density at radius 3 is 2.40 bits per heavy atom. The zero-order chi connectivity index (χ0) is 21.5. The number of carbonyl (C=O) groups is 2. The number of likely N-dealkylation sites (tertiary alicyclic amines) is 1. The number of ether oxygens (including phenoxy) is 1. The van der Waals surface area contributed by atoms with Crippen LogP contribution < -0.4 is 10.1 Å². The maximum Gasteiger partial charge on any atom is 0.257 e. The second-order valence-electron chi connectivity index (χ2n) is 8.03. The topological polar surface area (TPSA) is 58.6 Å². The van der Waals surface area contributed by atoms with Gasteiger partial charge in [0, 0.05) is 19.6 Å². The van der Waals surface area contributed by atoms with Gasteiger partial charge >= 0.3 is 0 Å². The van der Waals surface area contributed by atoms with Crippen LogP contribution in [0.4, 0.5) is 4.39 Å². The van der Waals surface area contributed by atoms with E-state index in [1.165, 1.54) is 17.7 Å². The Morgan fingerprint density at radius 1 is 1.10 bits per heavy atom. The average molecular weight is 413 g/mol. The molecule has 0 saturated carbocycles. The lowest BCUT2D eigenvalue weighted by Gasteiger charge is -2.32. The monoisotopic (exact) mass is 412 g/mol. The molecule has 1 aliphatic rings. The lowest BCUT2D eigenvalue weighted by Crippen LogP contribution is -2.42. The van der Waals surface area contributed by atoms with Gasteiger partial charge in [-0.25, -0.2) is 4.39 Å². The highest BCUT2D eigenvalue weighted by Crippen LogP contribution is 2.20. The molecule has 0 aliphatic carbocycles. The van der Waals surface area contributed by atoms with Crippen LogP contribution in [-0.2, 0) is 4.79 Å². The van der Waals surface area contributed by atoms with E-state index in [0.29, 0.717) is 37.2 Å². The first-order valence-electron chi connectivity index (χ1n) is 10.5. The summed E-state index contributed by atoms with van der Waals surface area (Å²) in [5.74, 6) is 0.505. The quantitative estimate of drug-likeness (QED) is 0.748. The lowest BCUT2D eigenvalue weighted by molar-refractivity contribution is -0.123. The molecule has 1 saturated heterocycles. The number of halogens is 1. The summed E-state index contributed by atoms with van der Waals surface area (Å²) in [6.45, 7) is 5.91. The van der Waals surface area contributed by atoms with Gasteiger partial charge in [-0.1, -0.05) is 38.1 Å². The third-order valence-corrected chi connectivity index (χ3v) is 5.51. The van der Waals surface area contributed by atoms with Crippen LogP contribution in [0.25, 0.3) is 0 Å². The standard InChI is InChI=1S/C24H29FN2O3/c1-17(2)19-7-9-20(10-8-19)30-16-23(28)26-15-18-11-13-27(14-12-18)24(29)21-5-3-4-6-22(21)25/h3-10,17-18H,11-16H2,1-2H3,(H,26,28). The molecule has 160 valence electrons. The van der Waals surface area contributed by atoms with Crippen molar-refractivity contribution in [3.63, 3.8) is 0 Å². The molecule has 0 spiro atoms. The van der Waals surface area contributed by atoms with Gasteiger partial charge in [0.2, 0.25) is 0 Å². The summed E-state index contributed by atoms with van der Waals surface area (Å²) in [5, 5.41) is 2.91. The number of piperidine rings is 1. The number of carbonyl (C=O) groups excluding carboxylic acids is 2. The summed E-state index contributed by atoms with van der Waals surface area (Å²) in [5.41, 5.74) is 1.34. The first-order valence-corrected chi connectivity index (χ1v) is 10.5. The third kappa shape index (κ3) is 5.81. The fourth-order valence-electron chi connectivity index (χ4n) is 3.55. The summed E-state index contributed by atoms with van der Waals surface area (Å²) in [4.78, 5) is 26.2. The fraction of sp³-hybridized carbons (Fsp3) is 0.417. The van der Waals surface area contributed by atoms with Gasteiger partial charge in [0.15, 0.2) is 6.61 Å². The molecule has 1 fully saturated rings. The highest BCUT2D eigenvalue weighted by Gasteiger charge is 2.25. The molecule has 6 heteroatoms. The van der Waals surface area contributed by atoms with E-state index in [2.05, 4.69) is 19.2 Å². The van der Waals surface area contributed by atoms with Crippen molar-refractivity contribution in [2.75, 3.05) is 26.2 Å². The number of nitrogens with one attached hydrogen (secondary N) is 1. The Labute approximate surface area is 177 Å². The third-order valence-electron chi connectivity index (χ3n) is 5.51. The Kier molecular flexibility index (Phi) is 7.44. The molecule has 0 aromatic heterocycles. The van der Waals surface area contributed by atoms with Crippen molar-refractivity contribution in [3.8, 4) is 5.75 Å². The molecule has 0 radical (unpaired) electrons. The van der Waals surface area contributed by atoms with Crippen molar-refractivity contribution in [2.24, 2.45) is 5.92 Å². The van der Waals surface area contributed by atoms with Crippen molar-refractivity contribution in [1.82, 2.24) is 10.2 Å². The molecule has 0 atom stereocenters. The minimum atomic E-state index is -0.490. The van der Waals surface area contributed by atoms with Crippen molar-refractivity contribution in [1.29, 1.82) is 0 Å². The summed E-state index contributed by atoms with van der Waals surface area (Å²) < 4.78 is 19.4. The van der Waals surface area contributed by atoms with E-state index >= 15 is 0 Å². The summed E-state index contributed by atoms with van der Waals surface area (Å²) in [7, 11) is 0. The Hall–Kier alpha value is -2.89. The van der Waals surface area contributed by atoms with Crippen LogP contribution in [0.2, 0.25) is 0 Å². The van der Waals surface area contributed by atoms with Crippen LogP contribution in [-0.4, -0.2) is 43.0 Å². The van der Waals surface area contributed by atoms with Crippen LogP contribution in [0, 0.1) is 11.7 Å². The zero-order valence-corrected chi connectivity index (χ0v) is 17.6. The molecular weight excluding hydrogens is 383 g/mol. The van der Waals surface area contributed by atoms with E-state index in [1.807, 2.05) is 24.3 Å². The van der Waals surface area contributed by atoms with Crippen LogP contribution in [0.15, 0.2) is 48.5 Å². The molecular formula is C24H29FN2O3. The summed E-state index contributed by atoms with van der Waals surface area (Å²) in [6.07, 6.45) is 1.55. The highest BCUT2D eigenvalue weighted by molar-refractivity contribution is 5.94. The summed E-state index contributed by atoms with van der Waals surface area (Å²) >= 11 is 0. The maximum absolute atomic E-state index is 13.8. The molecule has 3 rings (SSSR count). The van der Waals surface area contributed by atoms with E-state index in [9.17, 15) is 14.0 Å². The van der Waals surface area contributed by atoms with Crippen LogP contribution in [0.3, 0.4) is 0 Å². The second-order valence-corrected chi connectivity index (χ2v) is 8.03. The van der Waals surface area contributed by atoms with E-state index in [-0.39, 0.29) is 24.0 Å². The molecule has 1 aliphatic heterocycles. The minimum absolute atomic E-state index is 0.0222. The van der Waals surface area contributed by atoms with Gasteiger partial charge in [0.25, 0.3) is 11.8 Å². The van der Waals surface area contributed by atoms with E-state index in [1.54, 1.807) is 17.0 Å². The molecule has 0 unspecified atom stereocenters. The molecule has 5 nitrogen and oxygen atoms in total. The van der Waals surface area contributed by atoms with Gasteiger partial charge in [0.05, 0.1) is 5.56 Å². The highest BCUT2D eigenvalue weighted by atomic mass is 19.1. The smallest absolute Gasteiger partial charge is 0.257 e. The number of nitrogens with zero attached hydrogens (tertiary/aromatic N) is 1. The molecule has 2 amide bonds. The van der Waals surface area contributed by atoms with Gasteiger partial charge in [-0.2, -0.15) is 0 Å². The first kappa shape index (κ1) is 21.8. The fourth-order valence-corrected chi connectivity index (χ4v) is 3.55. The molecule has 2 aromatic carbocycles. The van der Waals surface area contributed by atoms with Crippen LogP contribution in [0.1, 0.15) is 48.5 Å². The van der Waals surface area contributed by atoms with Crippen LogP contribution in [0.5, 0.6) is 5.75 Å². The van der Waals surface area contributed by atoms with Crippen molar-refractivity contribution < 1.29 is 18.7 Å². The van der Waals surface area contributed by atoms with Crippen molar-refractivity contribution >= 4 is 11.8 Å². The number of rotatable bonds is 7. The Morgan fingerprint density at radius 2 is 1.77 bits per heavy atom. The predicted octanol–water partition coefficient (Wildman–Crippen LogP) is 4.00. The van der Waals surface area contributed by atoms with Crippen LogP contribution >= 0.6 is 0 Å². The molecule has 2 aromatic rings. The Balaban J connectivity index is 1.37. The van der Waals surface area contributed by atoms with Gasteiger partial charge < -0.3 is 15.0 Å². The average Bonchev–Trinajstić information content (AvgIpc) is 2.77. The summed E-state index contributed by atoms with van der Waals surface area (Å²) in [6, 6.07) is 13.8. The molecule has 0 bridgehead atoms. The van der Waals surface area contributed by atoms with Gasteiger partial charge in [-0.3, -0.25) is 9.59 Å². The van der Waals surface area contributed by atoms with Gasteiger partial charge in [-0.05, 0) is 54.5 Å². The largest absolute Gasteiger partial charge is 0.484 e. The van der Waals surface area contributed by atoms with Crippen molar-refractivity contribution in [3.05, 3.63) is 65.5 Å². The first-order chi connectivity index (χ1) is 14.4. The molecule has 1 N–H and O–H groups in total. The van der Waals surface area contributed by atoms with E-state index in [0.717, 1.165) is 12.8 Å². The number of hydrogen-bond donors (Lipinski definition) is 1. The molecule has 1 heterocycles. The van der Waals surface area contributed by atoms with E-state index in [4.69, 9.17) is 4.74 Å². The normalized spacial score (nSPS) is 14.6. The van der Waals surface area contributed by atoms with Crippen molar-refractivity contribution in [2.45, 2.75) is 32.6 Å². The van der Waals surface area contributed by atoms with Gasteiger partial charge in [0.1, 0.15) is 11.6 Å². The SMILES string of the molecule is CC(C)c1ccc(OCC(=O)NCC2CCN(C(=O)c3ccccc3F)CC2)cc1.